The number of carbonyl (C=O) groups is 1. The Morgan fingerprint density at radius 1 is 1.32 bits per heavy atom. The number of halogens is 1. The van der Waals surface area contributed by atoms with Gasteiger partial charge in [-0.2, -0.15) is 0 Å². The fourth-order valence-electron chi connectivity index (χ4n) is 2.45. The Kier molecular flexibility index (Phi) is 3.75. The first kappa shape index (κ1) is 13.8. The van der Waals surface area contributed by atoms with Crippen LogP contribution in [0.25, 0.3) is 0 Å². The lowest BCUT2D eigenvalue weighted by molar-refractivity contribution is 0.0410. The highest BCUT2D eigenvalue weighted by atomic mass is 19.1. The van der Waals surface area contributed by atoms with Crippen LogP contribution in [0.4, 0.5) is 10.1 Å². The summed E-state index contributed by atoms with van der Waals surface area (Å²) < 4.78 is 13.7. The molecule has 4 nitrogen and oxygen atoms in total. The van der Waals surface area contributed by atoms with Crippen LogP contribution >= 0.6 is 0 Å². The van der Waals surface area contributed by atoms with Crippen molar-refractivity contribution >= 4 is 11.6 Å². The van der Waals surface area contributed by atoms with E-state index in [1.807, 2.05) is 7.05 Å². The number of piperazine rings is 1. The maximum atomic E-state index is 13.7. The van der Waals surface area contributed by atoms with Gasteiger partial charge in [0.15, 0.2) is 0 Å². The fraction of sp³-hybridized carbons (Fsp3) is 0.500. The molecule has 0 saturated carbocycles. The Bertz CT molecular complexity index is 480. The molecule has 1 aromatic rings. The molecular weight excluding hydrogens is 245 g/mol. The number of carbonyl (C=O) groups excluding carboxylic acids is 1. The van der Waals surface area contributed by atoms with Crippen LogP contribution in [0.1, 0.15) is 24.2 Å². The Morgan fingerprint density at radius 3 is 2.47 bits per heavy atom. The van der Waals surface area contributed by atoms with Gasteiger partial charge >= 0.3 is 0 Å². The lowest BCUT2D eigenvalue weighted by Gasteiger charge is -2.42. The number of nitrogen functional groups attached to an aromatic ring is 1. The number of hydrogen-bond donors (Lipinski definition) is 1. The monoisotopic (exact) mass is 265 g/mol. The molecule has 1 saturated heterocycles. The third kappa shape index (κ3) is 2.71. The minimum absolute atomic E-state index is 0.0592. The maximum absolute atomic E-state index is 13.7. The van der Waals surface area contributed by atoms with E-state index >= 15 is 0 Å². The van der Waals surface area contributed by atoms with Crippen molar-refractivity contribution in [1.82, 2.24) is 9.80 Å². The predicted octanol–water partition coefficient (Wildman–Crippen LogP) is 1.57. The second kappa shape index (κ2) is 5.17. The molecule has 1 aliphatic heterocycles. The van der Waals surface area contributed by atoms with E-state index in [1.165, 1.54) is 18.2 Å². The summed E-state index contributed by atoms with van der Waals surface area (Å²) in [5.41, 5.74) is 6.09. The van der Waals surface area contributed by atoms with E-state index in [9.17, 15) is 9.18 Å². The van der Waals surface area contributed by atoms with Crippen molar-refractivity contribution in [3.05, 3.63) is 29.6 Å². The zero-order chi connectivity index (χ0) is 14.2. The molecule has 1 fully saturated rings. The van der Waals surface area contributed by atoms with Crippen LogP contribution in [-0.2, 0) is 0 Å². The van der Waals surface area contributed by atoms with E-state index in [2.05, 4.69) is 18.7 Å². The van der Waals surface area contributed by atoms with Crippen molar-refractivity contribution in [2.45, 2.75) is 25.9 Å². The fourth-order valence-corrected chi connectivity index (χ4v) is 2.45. The molecule has 1 aliphatic rings. The molecule has 2 atom stereocenters. The quantitative estimate of drug-likeness (QED) is 0.784. The van der Waals surface area contributed by atoms with Gasteiger partial charge in [0, 0.05) is 30.9 Å². The number of nitrogens with zero attached hydrogens (tertiary/aromatic N) is 2. The van der Waals surface area contributed by atoms with Crippen LogP contribution in [0.5, 0.6) is 0 Å². The second-order valence-corrected chi connectivity index (χ2v) is 5.31. The van der Waals surface area contributed by atoms with E-state index in [4.69, 9.17) is 5.73 Å². The van der Waals surface area contributed by atoms with Crippen LogP contribution in [-0.4, -0.2) is 47.9 Å². The van der Waals surface area contributed by atoms with Gasteiger partial charge in [-0.1, -0.05) is 0 Å². The highest BCUT2D eigenvalue weighted by Gasteiger charge is 2.30. The number of nitrogens with two attached hydrogens (primary N) is 1. The zero-order valence-corrected chi connectivity index (χ0v) is 11.6. The Labute approximate surface area is 113 Å². The van der Waals surface area contributed by atoms with Crippen molar-refractivity contribution in [1.29, 1.82) is 0 Å². The van der Waals surface area contributed by atoms with Crippen molar-refractivity contribution in [3.8, 4) is 0 Å². The van der Waals surface area contributed by atoms with Gasteiger partial charge in [-0.05, 0) is 39.1 Å². The summed E-state index contributed by atoms with van der Waals surface area (Å²) in [6.45, 7) is 5.33. The summed E-state index contributed by atoms with van der Waals surface area (Å²) in [7, 11) is 2.04. The van der Waals surface area contributed by atoms with Gasteiger partial charge in [0.1, 0.15) is 5.82 Å². The molecule has 0 radical (unpaired) electrons. The topological polar surface area (TPSA) is 49.6 Å². The van der Waals surface area contributed by atoms with Crippen molar-refractivity contribution in [3.63, 3.8) is 0 Å². The molecule has 19 heavy (non-hydrogen) atoms. The minimum atomic E-state index is -0.515. The summed E-state index contributed by atoms with van der Waals surface area (Å²) in [5.74, 6) is -0.796. The molecule has 0 bridgehead atoms. The van der Waals surface area contributed by atoms with Gasteiger partial charge in [-0.15, -0.1) is 0 Å². The van der Waals surface area contributed by atoms with E-state index in [-0.39, 0.29) is 23.6 Å². The number of likely N-dealkylation sites (N-methyl/N-ethyl adjacent to an activating group) is 1. The van der Waals surface area contributed by atoms with E-state index in [0.717, 1.165) is 0 Å². The average molecular weight is 265 g/mol. The SMILES string of the molecule is CC1CN(C(=O)c2cc(N)ccc2F)CC(C)N1C. The number of anilines is 1. The van der Waals surface area contributed by atoms with E-state index < -0.39 is 5.82 Å². The molecule has 0 aromatic heterocycles. The molecule has 2 N–H and O–H groups in total. The second-order valence-electron chi connectivity index (χ2n) is 5.31. The number of hydrogen-bond acceptors (Lipinski definition) is 3. The first-order chi connectivity index (χ1) is 8.90. The Morgan fingerprint density at radius 2 is 1.89 bits per heavy atom. The summed E-state index contributed by atoms with van der Waals surface area (Å²) in [4.78, 5) is 16.3. The van der Waals surface area contributed by atoms with Gasteiger partial charge < -0.3 is 10.6 Å². The van der Waals surface area contributed by atoms with Gasteiger partial charge in [-0.3, -0.25) is 9.69 Å². The molecule has 5 heteroatoms. The van der Waals surface area contributed by atoms with Gasteiger partial charge in [0.25, 0.3) is 5.91 Å². The summed E-state index contributed by atoms with van der Waals surface area (Å²) in [6, 6.07) is 4.63. The molecular formula is C14H20FN3O. The summed E-state index contributed by atoms with van der Waals surface area (Å²) in [5, 5.41) is 0. The van der Waals surface area contributed by atoms with Crippen LogP contribution in [0.3, 0.4) is 0 Å². The lowest BCUT2D eigenvalue weighted by atomic mass is 10.1. The maximum Gasteiger partial charge on any atom is 0.257 e. The number of rotatable bonds is 1. The van der Waals surface area contributed by atoms with Gasteiger partial charge in [-0.25, -0.2) is 4.39 Å². The minimum Gasteiger partial charge on any atom is -0.399 e. The standard InChI is InChI=1S/C14H20FN3O/c1-9-7-18(8-10(2)17(9)3)14(19)12-6-11(16)4-5-13(12)15/h4-6,9-10H,7-8,16H2,1-3H3. The van der Waals surface area contributed by atoms with Crippen LogP contribution in [0.2, 0.25) is 0 Å². The Hall–Kier alpha value is -1.62. The van der Waals surface area contributed by atoms with Crippen LogP contribution in [0, 0.1) is 5.82 Å². The largest absolute Gasteiger partial charge is 0.399 e. The van der Waals surface area contributed by atoms with Crippen molar-refractivity contribution < 1.29 is 9.18 Å². The number of benzene rings is 1. The molecule has 104 valence electrons. The molecule has 0 aliphatic carbocycles. The Balaban J connectivity index is 2.22. The normalized spacial score (nSPS) is 24.5. The van der Waals surface area contributed by atoms with E-state index in [0.29, 0.717) is 18.8 Å². The van der Waals surface area contributed by atoms with E-state index in [1.54, 1.807) is 4.90 Å². The zero-order valence-electron chi connectivity index (χ0n) is 11.6. The third-order valence-electron chi connectivity index (χ3n) is 3.87. The molecule has 0 spiro atoms. The van der Waals surface area contributed by atoms with Gasteiger partial charge in [0.05, 0.1) is 5.56 Å². The smallest absolute Gasteiger partial charge is 0.257 e. The van der Waals surface area contributed by atoms with Crippen LogP contribution < -0.4 is 5.73 Å². The average Bonchev–Trinajstić information content (AvgIpc) is 2.37. The predicted molar refractivity (Wildman–Crippen MR) is 73.4 cm³/mol. The summed E-state index contributed by atoms with van der Waals surface area (Å²) >= 11 is 0. The first-order valence-corrected chi connectivity index (χ1v) is 6.46. The first-order valence-electron chi connectivity index (χ1n) is 6.46. The third-order valence-corrected chi connectivity index (χ3v) is 3.87. The van der Waals surface area contributed by atoms with Crippen LogP contribution in [0.15, 0.2) is 18.2 Å². The summed E-state index contributed by atoms with van der Waals surface area (Å²) in [6.07, 6.45) is 0. The molecule has 2 rings (SSSR count). The highest BCUT2D eigenvalue weighted by molar-refractivity contribution is 5.95. The van der Waals surface area contributed by atoms with Crippen molar-refractivity contribution in [2.24, 2.45) is 0 Å². The molecule has 1 amide bonds. The lowest BCUT2D eigenvalue weighted by Crippen LogP contribution is -2.56. The number of amides is 1. The molecule has 1 aromatic carbocycles. The molecule has 2 unspecified atom stereocenters. The highest BCUT2D eigenvalue weighted by Crippen LogP contribution is 2.19. The molecule has 1 heterocycles. The van der Waals surface area contributed by atoms with Gasteiger partial charge in [0.2, 0.25) is 0 Å². The van der Waals surface area contributed by atoms with Crippen molar-refractivity contribution in [2.75, 3.05) is 25.9 Å².